The summed E-state index contributed by atoms with van der Waals surface area (Å²) in [6.45, 7) is 3.06. The summed E-state index contributed by atoms with van der Waals surface area (Å²) < 4.78 is 1.78. The van der Waals surface area contributed by atoms with Crippen molar-refractivity contribution in [2.24, 2.45) is 7.05 Å². The largest absolute Gasteiger partial charge is 0.392 e. The lowest BCUT2D eigenvalue weighted by Gasteiger charge is -2.08. The number of hydrogen-bond donors (Lipinski definition) is 3. The normalized spacial score (nSPS) is 10.5. The van der Waals surface area contributed by atoms with Crippen LogP contribution in [0.4, 0.5) is 4.79 Å². The highest BCUT2D eigenvalue weighted by atomic mass is 16.3. The van der Waals surface area contributed by atoms with Crippen LogP contribution in [-0.2, 0) is 26.6 Å². The van der Waals surface area contributed by atoms with Crippen molar-refractivity contribution in [2.45, 2.75) is 26.5 Å². The minimum atomic E-state index is -0.185. The summed E-state index contributed by atoms with van der Waals surface area (Å²) >= 11 is 0. The molecule has 1 aromatic carbocycles. The summed E-state index contributed by atoms with van der Waals surface area (Å²) in [5, 5.41) is 18.8. The van der Waals surface area contributed by atoms with E-state index >= 15 is 0 Å². The fraction of sp³-hybridized carbons (Fsp3) is 0.375. The molecular formula is C16H22N4O2. The van der Waals surface area contributed by atoms with E-state index in [1.807, 2.05) is 38.2 Å². The number of benzene rings is 1. The van der Waals surface area contributed by atoms with Crippen molar-refractivity contribution >= 4 is 6.03 Å². The molecule has 2 amide bonds. The highest BCUT2D eigenvalue weighted by molar-refractivity contribution is 5.73. The topological polar surface area (TPSA) is 79.2 Å². The van der Waals surface area contributed by atoms with Crippen LogP contribution in [0, 0.1) is 6.92 Å². The molecule has 0 radical (unpaired) electrons. The highest BCUT2D eigenvalue weighted by Crippen LogP contribution is 2.05. The van der Waals surface area contributed by atoms with E-state index in [0.29, 0.717) is 13.1 Å². The molecular weight excluding hydrogens is 280 g/mol. The van der Waals surface area contributed by atoms with Crippen LogP contribution in [0.5, 0.6) is 0 Å². The van der Waals surface area contributed by atoms with Gasteiger partial charge in [0.05, 0.1) is 12.8 Å². The average Bonchev–Trinajstić information content (AvgIpc) is 2.85. The molecule has 3 N–H and O–H groups in total. The Balaban J connectivity index is 1.70. The molecule has 0 fully saturated rings. The second kappa shape index (κ2) is 7.61. The van der Waals surface area contributed by atoms with Gasteiger partial charge >= 0.3 is 6.03 Å². The standard InChI is InChI=1S/C16H22N4O2/c1-12-15(10-19-20(12)2)9-18-16(22)17-8-7-13-3-5-14(11-21)6-4-13/h3-6,10,21H,7-9,11H2,1-2H3,(H2,17,18,22). The quantitative estimate of drug-likeness (QED) is 0.751. The first-order valence-electron chi connectivity index (χ1n) is 7.28. The van der Waals surface area contributed by atoms with Crippen LogP contribution in [0.2, 0.25) is 0 Å². The van der Waals surface area contributed by atoms with Crippen LogP contribution in [0.15, 0.2) is 30.5 Å². The molecule has 0 aliphatic rings. The number of aliphatic hydroxyl groups excluding tert-OH is 1. The van der Waals surface area contributed by atoms with Gasteiger partial charge in [0.2, 0.25) is 0 Å². The third-order valence-corrected chi connectivity index (χ3v) is 3.68. The Hall–Kier alpha value is -2.34. The smallest absolute Gasteiger partial charge is 0.315 e. The van der Waals surface area contributed by atoms with E-state index in [-0.39, 0.29) is 12.6 Å². The summed E-state index contributed by atoms with van der Waals surface area (Å²) in [4.78, 5) is 11.7. The Bertz CT molecular complexity index is 620. The van der Waals surface area contributed by atoms with Gasteiger partial charge in [0.1, 0.15) is 0 Å². The molecule has 0 bridgehead atoms. The van der Waals surface area contributed by atoms with Crippen molar-refractivity contribution in [2.75, 3.05) is 6.54 Å². The molecule has 0 saturated heterocycles. The monoisotopic (exact) mass is 302 g/mol. The van der Waals surface area contributed by atoms with Gasteiger partial charge in [-0.05, 0) is 24.5 Å². The summed E-state index contributed by atoms with van der Waals surface area (Å²) in [5.74, 6) is 0. The second-order valence-electron chi connectivity index (χ2n) is 5.21. The van der Waals surface area contributed by atoms with Crippen LogP contribution in [0.25, 0.3) is 0 Å². The number of urea groups is 1. The number of nitrogens with zero attached hydrogens (tertiary/aromatic N) is 2. The van der Waals surface area contributed by atoms with Crippen LogP contribution in [-0.4, -0.2) is 27.5 Å². The average molecular weight is 302 g/mol. The van der Waals surface area contributed by atoms with Gasteiger partial charge in [-0.2, -0.15) is 5.10 Å². The Morgan fingerprint density at radius 2 is 1.91 bits per heavy atom. The SMILES string of the molecule is Cc1c(CNC(=O)NCCc2ccc(CO)cc2)cnn1C. The summed E-state index contributed by atoms with van der Waals surface area (Å²) in [7, 11) is 1.88. The van der Waals surface area contributed by atoms with E-state index in [0.717, 1.165) is 28.8 Å². The predicted octanol–water partition coefficient (Wildman–Crippen LogP) is 1.26. The summed E-state index contributed by atoms with van der Waals surface area (Å²) in [6, 6.07) is 7.52. The highest BCUT2D eigenvalue weighted by Gasteiger charge is 2.05. The van der Waals surface area contributed by atoms with E-state index in [2.05, 4.69) is 15.7 Å². The van der Waals surface area contributed by atoms with E-state index in [1.54, 1.807) is 10.9 Å². The van der Waals surface area contributed by atoms with Gasteiger partial charge in [-0.3, -0.25) is 4.68 Å². The van der Waals surface area contributed by atoms with E-state index in [1.165, 1.54) is 0 Å². The number of aromatic nitrogens is 2. The number of carbonyl (C=O) groups is 1. The van der Waals surface area contributed by atoms with Gasteiger partial charge in [0.15, 0.2) is 0 Å². The Labute approximate surface area is 130 Å². The van der Waals surface area contributed by atoms with Gasteiger partial charge in [0.25, 0.3) is 0 Å². The molecule has 0 atom stereocenters. The van der Waals surface area contributed by atoms with Crippen molar-refractivity contribution in [3.63, 3.8) is 0 Å². The fourth-order valence-corrected chi connectivity index (χ4v) is 2.09. The minimum Gasteiger partial charge on any atom is -0.392 e. The Morgan fingerprint density at radius 1 is 1.23 bits per heavy atom. The van der Waals surface area contributed by atoms with Crippen LogP contribution >= 0.6 is 0 Å². The molecule has 2 rings (SSSR count). The molecule has 0 aliphatic carbocycles. The molecule has 0 spiro atoms. The van der Waals surface area contributed by atoms with Gasteiger partial charge in [0, 0.05) is 31.4 Å². The van der Waals surface area contributed by atoms with Crippen LogP contribution in [0.3, 0.4) is 0 Å². The number of nitrogens with one attached hydrogen (secondary N) is 2. The molecule has 1 heterocycles. The Kier molecular flexibility index (Phi) is 5.55. The number of rotatable bonds is 6. The third-order valence-electron chi connectivity index (χ3n) is 3.68. The minimum absolute atomic E-state index is 0.0503. The number of aliphatic hydroxyl groups is 1. The number of carbonyl (C=O) groups excluding carboxylic acids is 1. The van der Waals surface area contributed by atoms with Gasteiger partial charge in [-0.15, -0.1) is 0 Å². The molecule has 0 unspecified atom stereocenters. The summed E-state index contributed by atoms with van der Waals surface area (Å²) in [6.07, 6.45) is 2.52. The third kappa shape index (κ3) is 4.33. The molecule has 22 heavy (non-hydrogen) atoms. The maximum atomic E-state index is 11.7. The van der Waals surface area contributed by atoms with Crippen molar-refractivity contribution in [1.29, 1.82) is 0 Å². The number of aryl methyl sites for hydroxylation is 1. The van der Waals surface area contributed by atoms with Crippen molar-refractivity contribution in [3.8, 4) is 0 Å². The van der Waals surface area contributed by atoms with Gasteiger partial charge < -0.3 is 15.7 Å². The first-order chi connectivity index (χ1) is 10.6. The number of amides is 2. The second-order valence-corrected chi connectivity index (χ2v) is 5.21. The lowest BCUT2D eigenvalue weighted by molar-refractivity contribution is 0.240. The molecule has 1 aromatic heterocycles. The first kappa shape index (κ1) is 16.0. The van der Waals surface area contributed by atoms with Crippen molar-refractivity contribution in [1.82, 2.24) is 20.4 Å². The molecule has 0 saturated carbocycles. The van der Waals surface area contributed by atoms with Crippen molar-refractivity contribution < 1.29 is 9.90 Å². The first-order valence-corrected chi connectivity index (χ1v) is 7.28. The van der Waals surface area contributed by atoms with E-state index in [9.17, 15) is 4.79 Å². The van der Waals surface area contributed by atoms with Gasteiger partial charge in [-0.25, -0.2) is 4.79 Å². The maximum absolute atomic E-state index is 11.7. The molecule has 6 heteroatoms. The molecule has 6 nitrogen and oxygen atoms in total. The zero-order chi connectivity index (χ0) is 15.9. The van der Waals surface area contributed by atoms with Crippen LogP contribution in [0.1, 0.15) is 22.4 Å². The predicted molar refractivity (Wildman–Crippen MR) is 84.3 cm³/mol. The van der Waals surface area contributed by atoms with E-state index in [4.69, 9.17) is 5.11 Å². The Morgan fingerprint density at radius 3 is 2.50 bits per heavy atom. The van der Waals surface area contributed by atoms with E-state index < -0.39 is 0 Å². The van der Waals surface area contributed by atoms with Crippen LogP contribution < -0.4 is 10.6 Å². The number of hydrogen-bond acceptors (Lipinski definition) is 3. The molecule has 2 aromatic rings. The summed E-state index contributed by atoms with van der Waals surface area (Å²) in [5.41, 5.74) is 4.07. The van der Waals surface area contributed by atoms with Crippen molar-refractivity contribution in [3.05, 3.63) is 52.8 Å². The van der Waals surface area contributed by atoms with Gasteiger partial charge in [-0.1, -0.05) is 24.3 Å². The molecule has 0 aliphatic heterocycles. The molecule has 118 valence electrons. The zero-order valence-corrected chi connectivity index (χ0v) is 13.0. The maximum Gasteiger partial charge on any atom is 0.315 e. The lowest BCUT2D eigenvalue weighted by Crippen LogP contribution is -2.36. The lowest BCUT2D eigenvalue weighted by atomic mass is 10.1. The zero-order valence-electron chi connectivity index (χ0n) is 13.0. The fourth-order valence-electron chi connectivity index (χ4n) is 2.09.